The maximum absolute atomic E-state index is 12.3. The zero-order valence-corrected chi connectivity index (χ0v) is 16.7. The van der Waals surface area contributed by atoms with Crippen molar-refractivity contribution in [3.8, 4) is 0 Å². The number of carbonyl (C=O) groups is 1. The lowest BCUT2D eigenvalue weighted by Gasteiger charge is -2.35. The summed E-state index contributed by atoms with van der Waals surface area (Å²) >= 11 is 0. The highest BCUT2D eigenvalue weighted by Gasteiger charge is 2.32. The van der Waals surface area contributed by atoms with Crippen molar-refractivity contribution in [3.05, 3.63) is 0 Å². The Morgan fingerprint density at radius 3 is 1.85 bits per heavy atom. The summed E-state index contributed by atoms with van der Waals surface area (Å²) in [4.78, 5) is 12.3. The molecule has 3 nitrogen and oxygen atoms in total. The molecule has 0 unspecified atom stereocenters. The van der Waals surface area contributed by atoms with Crippen LogP contribution in [0.25, 0.3) is 0 Å². The number of carbonyl (C=O) groups excluding carboxylic acids is 1. The summed E-state index contributed by atoms with van der Waals surface area (Å²) in [7, 11) is -3.44. The fraction of sp³-hybridized carbons (Fsp3) is 0.933. The van der Waals surface area contributed by atoms with E-state index in [-0.39, 0.29) is 6.09 Å². The van der Waals surface area contributed by atoms with Gasteiger partial charge in [-0.25, -0.2) is 4.79 Å². The highest BCUT2D eigenvalue weighted by atomic mass is 28.4. The first-order valence-electron chi connectivity index (χ1n) is 8.08. The Balaban J connectivity index is 4.27. The van der Waals surface area contributed by atoms with Gasteiger partial charge in [0.15, 0.2) is 8.24 Å². The molecule has 0 heterocycles. The van der Waals surface area contributed by atoms with Crippen molar-refractivity contribution in [2.45, 2.75) is 84.7 Å². The molecule has 5 heteroatoms. The summed E-state index contributed by atoms with van der Waals surface area (Å²) in [6.45, 7) is 16.0. The van der Waals surface area contributed by atoms with Crippen LogP contribution in [0.15, 0.2) is 0 Å². The molecule has 0 N–H and O–H groups in total. The summed E-state index contributed by atoms with van der Waals surface area (Å²) in [6, 6.07) is 0. The fourth-order valence-corrected chi connectivity index (χ4v) is 4.22. The molecule has 0 atom stereocenters. The predicted molar refractivity (Wildman–Crippen MR) is 93.3 cm³/mol. The van der Waals surface area contributed by atoms with Crippen molar-refractivity contribution < 1.29 is 9.22 Å². The van der Waals surface area contributed by atoms with Gasteiger partial charge in [-0.15, -0.1) is 0 Å². The molecule has 0 rings (SSSR count). The second-order valence-corrected chi connectivity index (χ2v) is 16.9. The summed E-state index contributed by atoms with van der Waals surface area (Å²) in [5.41, 5.74) is 0. The largest absolute Gasteiger partial charge is 0.505 e. The number of nitrogens with zero attached hydrogens (tertiary/aromatic N) is 1. The molecule has 0 saturated carbocycles. The second-order valence-electron chi connectivity index (χ2n) is 7.57. The van der Waals surface area contributed by atoms with Gasteiger partial charge >= 0.3 is 6.09 Å². The van der Waals surface area contributed by atoms with Crippen LogP contribution < -0.4 is 0 Å². The minimum Gasteiger partial charge on any atom is -0.505 e. The third-order valence-corrected chi connectivity index (χ3v) is 5.97. The van der Waals surface area contributed by atoms with Gasteiger partial charge < -0.3 is 8.99 Å². The van der Waals surface area contributed by atoms with Crippen molar-refractivity contribution >= 4 is 22.6 Å². The average Bonchev–Trinajstić information content (AvgIpc) is 2.23. The smallest absolute Gasteiger partial charge is 0.388 e. The van der Waals surface area contributed by atoms with Crippen molar-refractivity contribution in [1.82, 2.24) is 4.57 Å². The first-order chi connectivity index (χ1) is 9.08. The van der Waals surface area contributed by atoms with E-state index in [1.165, 1.54) is 32.1 Å². The first kappa shape index (κ1) is 19.7. The molecular weight excluding hydrogens is 282 g/mol. The molecule has 0 saturated heterocycles. The highest BCUT2D eigenvalue weighted by Crippen LogP contribution is 2.16. The van der Waals surface area contributed by atoms with Crippen LogP contribution in [-0.4, -0.2) is 33.8 Å². The minimum absolute atomic E-state index is 0.0723. The van der Waals surface area contributed by atoms with Crippen molar-refractivity contribution in [2.24, 2.45) is 0 Å². The second kappa shape index (κ2) is 8.87. The van der Waals surface area contributed by atoms with E-state index in [1.807, 2.05) is 4.57 Å². The van der Waals surface area contributed by atoms with Crippen LogP contribution in [0.3, 0.4) is 0 Å². The molecule has 0 aromatic rings. The molecule has 0 aliphatic carbocycles. The van der Waals surface area contributed by atoms with Crippen LogP contribution in [0.2, 0.25) is 39.3 Å². The Morgan fingerprint density at radius 1 is 0.900 bits per heavy atom. The number of hydrogen-bond acceptors (Lipinski definition) is 2. The molecule has 0 aromatic carbocycles. The SMILES string of the molecule is CCCCCCCCN(C(=O)O[Si](C)(C)C)[Si](C)(C)C. The molecule has 0 fully saturated rings. The molecule has 0 bridgehead atoms. The molecule has 20 heavy (non-hydrogen) atoms. The van der Waals surface area contributed by atoms with Gasteiger partial charge in [-0.05, 0) is 26.1 Å². The van der Waals surface area contributed by atoms with Gasteiger partial charge in [-0.2, -0.15) is 0 Å². The van der Waals surface area contributed by atoms with Gasteiger partial charge in [-0.3, -0.25) is 0 Å². The van der Waals surface area contributed by atoms with Crippen LogP contribution in [0.5, 0.6) is 0 Å². The zero-order chi connectivity index (χ0) is 15.8. The number of amides is 1. The topological polar surface area (TPSA) is 29.5 Å². The van der Waals surface area contributed by atoms with Crippen LogP contribution in [0.1, 0.15) is 45.4 Å². The maximum Gasteiger partial charge on any atom is 0.388 e. The zero-order valence-electron chi connectivity index (χ0n) is 14.7. The summed E-state index contributed by atoms with van der Waals surface area (Å²) in [5.74, 6) is 0. The molecule has 0 aliphatic heterocycles. The van der Waals surface area contributed by atoms with Gasteiger partial charge in [0.2, 0.25) is 8.32 Å². The normalized spacial score (nSPS) is 12.3. The van der Waals surface area contributed by atoms with Crippen LogP contribution in [0.4, 0.5) is 4.79 Å². The molecular formula is C15H35NO2Si2. The number of rotatable bonds is 9. The quantitative estimate of drug-likeness (QED) is 0.418. The number of hydrogen-bond donors (Lipinski definition) is 0. The third kappa shape index (κ3) is 9.58. The molecule has 0 aliphatic rings. The van der Waals surface area contributed by atoms with E-state index in [0.29, 0.717) is 0 Å². The van der Waals surface area contributed by atoms with Crippen molar-refractivity contribution in [2.75, 3.05) is 6.54 Å². The third-order valence-electron chi connectivity index (χ3n) is 3.16. The van der Waals surface area contributed by atoms with E-state index in [2.05, 4.69) is 46.2 Å². The van der Waals surface area contributed by atoms with E-state index in [1.54, 1.807) is 0 Å². The minimum atomic E-state index is -1.80. The summed E-state index contributed by atoms with van der Waals surface area (Å²) < 4.78 is 7.72. The van der Waals surface area contributed by atoms with E-state index >= 15 is 0 Å². The molecule has 120 valence electrons. The monoisotopic (exact) mass is 317 g/mol. The maximum atomic E-state index is 12.3. The van der Waals surface area contributed by atoms with Gasteiger partial charge in [0, 0.05) is 6.54 Å². The standard InChI is InChI=1S/C15H35NO2Si2/c1-8-9-10-11-12-13-14-16(19(2,3)4)15(17)18-20(5,6)7/h8-14H2,1-7H3. The van der Waals surface area contributed by atoms with E-state index in [9.17, 15) is 4.79 Å². The van der Waals surface area contributed by atoms with E-state index in [4.69, 9.17) is 4.43 Å². The van der Waals surface area contributed by atoms with E-state index in [0.717, 1.165) is 13.0 Å². The van der Waals surface area contributed by atoms with Crippen molar-refractivity contribution in [1.29, 1.82) is 0 Å². The van der Waals surface area contributed by atoms with Gasteiger partial charge in [0.1, 0.15) is 0 Å². The Kier molecular flexibility index (Phi) is 8.74. The van der Waals surface area contributed by atoms with Gasteiger partial charge in [0.25, 0.3) is 0 Å². The molecule has 0 radical (unpaired) electrons. The first-order valence-corrected chi connectivity index (χ1v) is 14.9. The Hall–Kier alpha value is -0.296. The fourth-order valence-electron chi connectivity index (χ4n) is 2.07. The molecule has 0 spiro atoms. The lowest BCUT2D eigenvalue weighted by atomic mass is 10.1. The molecule has 0 aromatic heterocycles. The van der Waals surface area contributed by atoms with Gasteiger partial charge in [-0.1, -0.05) is 58.7 Å². The van der Waals surface area contributed by atoms with Crippen molar-refractivity contribution in [3.63, 3.8) is 0 Å². The van der Waals surface area contributed by atoms with Crippen LogP contribution >= 0.6 is 0 Å². The summed E-state index contributed by atoms with van der Waals surface area (Å²) in [6.07, 6.45) is 7.48. The average molecular weight is 318 g/mol. The van der Waals surface area contributed by atoms with Crippen LogP contribution in [0, 0.1) is 0 Å². The Bertz CT molecular complexity index is 283. The Morgan fingerprint density at radius 2 is 1.40 bits per heavy atom. The van der Waals surface area contributed by atoms with E-state index < -0.39 is 16.6 Å². The lowest BCUT2D eigenvalue weighted by molar-refractivity contribution is 0.174. The Labute approximate surface area is 128 Å². The molecule has 1 amide bonds. The highest BCUT2D eigenvalue weighted by molar-refractivity contribution is 6.76. The van der Waals surface area contributed by atoms with Crippen LogP contribution in [-0.2, 0) is 4.43 Å². The lowest BCUT2D eigenvalue weighted by Crippen LogP contribution is -2.52. The predicted octanol–water partition coefficient (Wildman–Crippen LogP) is 5.46. The summed E-state index contributed by atoms with van der Waals surface area (Å²) in [5, 5.41) is 0. The number of unbranched alkanes of at least 4 members (excludes halogenated alkanes) is 5. The van der Waals surface area contributed by atoms with Gasteiger partial charge in [0.05, 0.1) is 0 Å².